The second-order valence-corrected chi connectivity index (χ2v) is 8.32. The quantitative estimate of drug-likeness (QED) is 0.683. The molecule has 5 nitrogen and oxygen atoms in total. The number of carbonyl (C=O) groups is 1. The van der Waals surface area contributed by atoms with Gasteiger partial charge >= 0.3 is 12.4 Å². The van der Waals surface area contributed by atoms with Gasteiger partial charge < -0.3 is 5.32 Å². The molecule has 1 amide bonds. The van der Waals surface area contributed by atoms with Gasteiger partial charge in [0.25, 0.3) is 5.91 Å². The molecule has 0 aromatic carbocycles. The first-order valence-electron chi connectivity index (χ1n) is 9.95. The third-order valence-corrected chi connectivity index (χ3v) is 6.37. The molecule has 2 aliphatic carbocycles. The maximum absolute atomic E-state index is 13.8. The van der Waals surface area contributed by atoms with E-state index in [9.17, 15) is 31.1 Å². The highest BCUT2D eigenvalue weighted by molar-refractivity contribution is 5.95. The fourth-order valence-electron chi connectivity index (χ4n) is 4.94. The fourth-order valence-corrected chi connectivity index (χ4v) is 4.94. The van der Waals surface area contributed by atoms with Crippen LogP contribution in [0, 0.1) is 17.8 Å². The lowest BCUT2D eigenvalue weighted by Gasteiger charge is -2.28. The number of carbonyl (C=O) groups excluding carboxylic acids is 1. The summed E-state index contributed by atoms with van der Waals surface area (Å²) in [6.45, 7) is 1.79. The van der Waals surface area contributed by atoms with Crippen LogP contribution in [0.4, 0.5) is 26.3 Å². The molecule has 0 saturated heterocycles. The Bertz CT molecular complexity index is 966. The monoisotopic (exact) mass is 446 g/mol. The Kier molecular flexibility index (Phi) is 5.25. The number of pyridine rings is 1. The van der Waals surface area contributed by atoms with Crippen LogP contribution < -0.4 is 5.32 Å². The van der Waals surface area contributed by atoms with Crippen LogP contribution in [-0.2, 0) is 12.4 Å². The standard InChI is InChI=1S/C20H20F6N4O/c1-10(14-7-11-2-3-12(14)6-11)29-18(31)15-9-28-30(17(15)20(24,25)26)16-5-4-13(8-27-16)19(21,22)23/h4-5,8-12,14H,2-3,6-7H2,1H3,(H,29,31). The van der Waals surface area contributed by atoms with Gasteiger partial charge in [0.15, 0.2) is 11.5 Å². The van der Waals surface area contributed by atoms with Gasteiger partial charge in [-0.15, -0.1) is 0 Å². The van der Waals surface area contributed by atoms with Crippen molar-refractivity contribution in [3.8, 4) is 5.82 Å². The van der Waals surface area contributed by atoms with E-state index < -0.39 is 40.9 Å². The highest BCUT2D eigenvalue weighted by Crippen LogP contribution is 2.49. The van der Waals surface area contributed by atoms with E-state index in [0.29, 0.717) is 28.8 Å². The molecular weight excluding hydrogens is 426 g/mol. The molecule has 31 heavy (non-hydrogen) atoms. The second-order valence-electron chi connectivity index (χ2n) is 8.32. The number of hydrogen-bond acceptors (Lipinski definition) is 3. The molecule has 2 aliphatic rings. The van der Waals surface area contributed by atoms with Crippen molar-refractivity contribution in [2.24, 2.45) is 17.8 Å². The Morgan fingerprint density at radius 3 is 2.35 bits per heavy atom. The van der Waals surface area contributed by atoms with E-state index in [4.69, 9.17) is 0 Å². The van der Waals surface area contributed by atoms with Crippen molar-refractivity contribution < 1.29 is 31.1 Å². The van der Waals surface area contributed by atoms with Gasteiger partial charge in [0, 0.05) is 12.2 Å². The van der Waals surface area contributed by atoms with Gasteiger partial charge in [-0.25, -0.2) is 9.67 Å². The highest BCUT2D eigenvalue weighted by atomic mass is 19.4. The van der Waals surface area contributed by atoms with E-state index in [1.165, 1.54) is 0 Å². The Labute approximate surface area is 173 Å². The van der Waals surface area contributed by atoms with Gasteiger partial charge in [-0.3, -0.25) is 4.79 Å². The van der Waals surface area contributed by atoms with Gasteiger partial charge in [-0.05, 0) is 56.1 Å². The lowest BCUT2D eigenvalue weighted by atomic mass is 9.84. The summed E-state index contributed by atoms with van der Waals surface area (Å²) in [6.07, 6.45) is -4.18. The maximum atomic E-state index is 13.8. The minimum atomic E-state index is -4.97. The van der Waals surface area contributed by atoms with Gasteiger partial charge in [-0.1, -0.05) is 6.42 Å². The summed E-state index contributed by atoms with van der Waals surface area (Å²) in [5.74, 6) is -0.0695. The normalized spacial score (nSPS) is 24.4. The van der Waals surface area contributed by atoms with Crippen LogP contribution in [0.3, 0.4) is 0 Å². The second kappa shape index (κ2) is 7.52. The number of alkyl halides is 6. The zero-order valence-corrected chi connectivity index (χ0v) is 16.5. The average molecular weight is 446 g/mol. The van der Waals surface area contributed by atoms with Crippen molar-refractivity contribution in [1.29, 1.82) is 0 Å². The van der Waals surface area contributed by atoms with Gasteiger partial charge in [-0.2, -0.15) is 31.4 Å². The number of nitrogens with zero attached hydrogens (tertiary/aromatic N) is 3. The third-order valence-electron chi connectivity index (χ3n) is 6.37. The van der Waals surface area contributed by atoms with E-state index in [1.54, 1.807) is 6.92 Å². The molecule has 2 aromatic heterocycles. The number of hydrogen-bond donors (Lipinski definition) is 1. The van der Waals surface area contributed by atoms with Gasteiger partial charge in [0.1, 0.15) is 0 Å². The van der Waals surface area contributed by atoms with Crippen molar-refractivity contribution in [2.75, 3.05) is 0 Å². The fraction of sp³-hybridized carbons (Fsp3) is 0.550. The number of fused-ring (bicyclic) bond motifs is 2. The molecule has 4 rings (SSSR count). The lowest BCUT2D eigenvalue weighted by Crippen LogP contribution is -2.40. The summed E-state index contributed by atoms with van der Waals surface area (Å²) in [7, 11) is 0. The summed E-state index contributed by atoms with van der Waals surface area (Å²) in [4.78, 5) is 16.1. The molecule has 2 aromatic rings. The molecule has 11 heteroatoms. The Balaban J connectivity index is 1.60. The van der Waals surface area contributed by atoms with Gasteiger partial charge in [0.2, 0.25) is 0 Å². The molecule has 2 heterocycles. The van der Waals surface area contributed by atoms with E-state index in [1.807, 2.05) is 0 Å². The van der Waals surface area contributed by atoms with Crippen molar-refractivity contribution in [1.82, 2.24) is 20.1 Å². The predicted octanol–water partition coefficient (Wildman–Crippen LogP) is 4.86. The van der Waals surface area contributed by atoms with Crippen molar-refractivity contribution >= 4 is 5.91 Å². The zero-order chi connectivity index (χ0) is 22.6. The Morgan fingerprint density at radius 1 is 1.10 bits per heavy atom. The van der Waals surface area contributed by atoms with Crippen LogP contribution in [0.15, 0.2) is 24.5 Å². The minimum Gasteiger partial charge on any atom is -0.349 e. The number of aromatic nitrogens is 3. The molecule has 4 atom stereocenters. The average Bonchev–Trinajstić information content (AvgIpc) is 3.41. The van der Waals surface area contributed by atoms with Crippen LogP contribution in [0.1, 0.15) is 54.2 Å². The maximum Gasteiger partial charge on any atom is 0.434 e. The predicted molar refractivity (Wildman–Crippen MR) is 97.2 cm³/mol. The smallest absolute Gasteiger partial charge is 0.349 e. The van der Waals surface area contributed by atoms with Crippen LogP contribution in [0.25, 0.3) is 5.82 Å². The summed E-state index contributed by atoms with van der Waals surface area (Å²) >= 11 is 0. The van der Waals surface area contributed by atoms with Crippen molar-refractivity contribution in [3.05, 3.63) is 41.3 Å². The summed E-state index contributed by atoms with van der Waals surface area (Å²) in [5, 5.41) is 6.27. The number of nitrogens with one attached hydrogen (secondary N) is 1. The summed E-state index contributed by atoms with van der Waals surface area (Å²) < 4.78 is 79.8. The largest absolute Gasteiger partial charge is 0.434 e. The van der Waals surface area contributed by atoms with Gasteiger partial charge in [0.05, 0.1) is 17.3 Å². The highest BCUT2D eigenvalue weighted by Gasteiger charge is 2.44. The first kappa shape index (κ1) is 21.6. The lowest BCUT2D eigenvalue weighted by molar-refractivity contribution is -0.143. The molecule has 4 unspecified atom stereocenters. The Hall–Kier alpha value is -2.59. The molecule has 2 fully saturated rings. The zero-order valence-electron chi connectivity index (χ0n) is 16.5. The summed E-state index contributed by atoms with van der Waals surface area (Å²) in [5.41, 5.74) is -3.17. The molecule has 1 N–H and O–H groups in total. The molecule has 168 valence electrons. The van der Waals surface area contributed by atoms with Crippen molar-refractivity contribution in [3.63, 3.8) is 0 Å². The first-order valence-corrected chi connectivity index (χ1v) is 9.95. The van der Waals surface area contributed by atoms with Crippen LogP contribution in [0.5, 0.6) is 0 Å². The molecule has 2 bridgehead atoms. The van der Waals surface area contributed by atoms with Crippen molar-refractivity contribution in [2.45, 2.75) is 51.0 Å². The number of amides is 1. The van der Waals surface area contributed by atoms with Crippen LogP contribution >= 0.6 is 0 Å². The molecular formula is C20H20F6N4O. The minimum absolute atomic E-state index is 0.226. The topological polar surface area (TPSA) is 59.8 Å². The first-order chi connectivity index (χ1) is 14.4. The van der Waals surface area contributed by atoms with E-state index >= 15 is 0 Å². The van der Waals surface area contributed by atoms with Crippen LogP contribution in [-0.4, -0.2) is 26.7 Å². The number of halogens is 6. The third kappa shape index (κ3) is 4.14. The molecule has 0 radical (unpaired) electrons. The molecule has 2 saturated carbocycles. The summed E-state index contributed by atoms with van der Waals surface area (Å²) in [6, 6.07) is 1.10. The number of rotatable bonds is 4. The van der Waals surface area contributed by atoms with E-state index in [-0.39, 0.29) is 12.0 Å². The van der Waals surface area contributed by atoms with E-state index in [0.717, 1.165) is 37.9 Å². The van der Waals surface area contributed by atoms with Crippen LogP contribution in [0.2, 0.25) is 0 Å². The van der Waals surface area contributed by atoms with E-state index in [2.05, 4.69) is 15.4 Å². The molecule has 0 spiro atoms. The Morgan fingerprint density at radius 2 is 1.84 bits per heavy atom. The molecule has 0 aliphatic heterocycles. The SMILES string of the molecule is CC(NC(=O)c1cnn(-c2ccc(C(F)(F)F)cn2)c1C(F)(F)F)C1CC2CCC1C2.